The van der Waals surface area contributed by atoms with E-state index in [0.717, 1.165) is 28.0 Å². The molecule has 1 heterocycles. The molecule has 1 N–H and O–H groups in total. The van der Waals surface area contributed by atoms with Crippen molar-refractivity contribution < 1.29 is 9.53 Å². The number of nitrogens with zero attached hydrogens (tertiary/aromatic N) is 1. The summed E-state index contributed by atoms with van der Waals surface area (Å²) in [5.74, 6) is 0.719. The molecule has 0 atom stereocenters. The zero-order valence-corrected chi connectivity index (χ0v) is 13.9. The lowest BCUT2D eigenvalue weighted by Gasteiger charge is -2.03. The third-order valence-electron chi connectivity index (χ3n) is 3.63. The second kappa shape index (κ2) is 6.79. The smallest absolute Gasteiger partial charge is 0.230 e. The molecule has 1 amide bonds. The molecule has 23 heavy (non-hydrogen) atoms. The highest BCUT2D eigenvalue weighted by atomic mass is 32.1. The molecule has 0 saturated heterocycles. The van der Waals surface area contributed by atoms with E-state index in [4.69, 9.17) is 4.74 Å². The molecule has 0 spiro atoms. The molecule has 0 aliphatic heterocycles. The molecule has 2 aromatic carbocycles. The van der Waals surface area contributed by atoms with E-state index >= 15 is 0 Å². The van der Waals surface area contributed by atoms with Gasteiger partial charge in [-0.25, -0.2) is 4.98 Å². The van der Waals surface area contributed by atoms with Crippen molar-refractivity contribution in [3.63, 3.8) is 0 Å². The molecule has 1 aromatic heterocycles. The number of fused-ring (bicyclic) bond motifs is 1. The number of methoxy groups -OCH3 is 1. The molecule has 3 aromatic rings. The quantitative estimate of drug-likeness (QED) is 0.769. The van der Waals surface area contributed by atoms with Gasteiger partial charge in [-0.05, 0) is 41.8 Å². The van der Waals surface area contributed by atoms with E-state index in [1.165, 1.54) is 16.9 Å². The SMILES string of the molecule is CCc1ccc2nc(NC(=O)Cc3ccc(OC)cc3)sc2c1. The summed E-state index contributed by atoms with van der Waals surface area (Å²) in [4.78, 5) is 16.6. The van der Waals surface area contributed by atoms with Crippen LogP contribution in [-0.4, -0.2) is 18.0 Å². The van der Waals surface area contributed by atoms with Crippen LogP contribution < -0.4 is 10.1 Å². The second-order valence-electron chi connectivity index (χ2n) is 5.25. The van der Waals surface area contributed by atoms with Gasteiger partial charge in [0.05, 0.1) is 23.7 Å². The van der Waals surface area contributed by atoms with E-state index in [9.17, 15) is 4.79 Å². The van der Waals surface area contributed by atoms with Gasteiger partial charge in [-0.2, -0.15) is 0 Å². The Morgan fingerprint density at radius 1 is 1.17 bits per heavy atom. The van der Waals surface area contributed by atoms with Gasteiger partial charge in [0.25, 0.3) is 0 Å². The first kappa shape index (κ1) is 15.5. The number of carbonyl (C=O) groups is 1. The first-order valence-corrected chi connectivity index (χ1v) is 8.32. The maximum absolute atomic E-state index is 12.2. The topological polar surface area (TPSA) is 51.2 Å². The highest BCUT2D eigenvalue weighted by molar-refractivity contribution is 7.22. The van der Waals surface area contributed by atoms with E-state index in [-0.39, 0.29) is 5.91 Å². The van der Waals surface area contributed by atoms with Crippen LogP contribution in [0, 0.1) is 0 Å². The van der Waals surface area contributed by atoms with Gasteiger partial charge in [0, 0.05) is 0 Å². The van der Waals surface area contributed by atoms with Crippen LogP contribution in [-0.2, 0) is 17.6 Å². The van der Waals surface area contributed by atoms with E-state index in [1.54, 1.807) is 7.11 Å². The lowest BCUT2D eigenvalue weighted by molar-refractivity contribution is -0.115. The number of amides is 1. The lowest BCUT2D eigenvalue weighted by Crippen LogP contribution is -2.14. The van der Waals surface area contributed by atoms with Crippen molar-refractivity contribution >= 4 is 32.6 Å². The molecule has 0 unspecified atom stereocenters. The fourth-order valence-corrected chi connectivity index (χ4v) is 3.28. The van der Waals surface area contributed by atoms with Crippen LogP contribution in [0.25, 0.3) is 10.2 Å². The average molecular weight is 326 g/mol. The Morgan fingerprint density at radius 3 is 2.61 bits per heavy atom. The number of carbonyl (C=O) groups excluding carboxylic acids is 1. The standard InChI is InChI=1S/C18H18N2O2S/c1-3-12-6-9-15-16(10-12)23-18(19-15)20-17(21)11-13-4-7-14(22-2)8-5-13/h4-10H,3,11H2,1-2H3,(H,19,20,21). The Hall–Kier alpha value is -2.40. The number of nitrogens with one attached hydrogen (secondary N) is 1. The molecule has 0 aliphatic carbocycles. The minimum atomic E-state index is -0.0649. The zero-order chi connectivity index (χ0) is 16.2. The van der Waals surface area contributed by atoms with Crippen molar-refractivity contribution in [2.24, 2.45) is 0 Å². The lowest BCUT2D eigenvalue weighted by atomic mass is 10.1. The van der Waals surface area contributed by atoms with Gasteiger partial charge in [0.1, 0.15) is 5.75 Å². The predicted molar refractivity (Wildman–Crippen MR) is 94.3 cm³/mol. The number of ether oxygens (including phenoxy) is 1. The highest BCUT2D eigenvalue weighted by Gasteiger charge is 2.09. The van der Waals surface area contributed by atoms with E-state index in [2.05, 4.69) is 29.4 Å². The largest absolute Gasteiger partial charge is 0.497 e. The summed E-state index contributed by atoms with van der Waals surface area (Å²) < 4.78 is 6.21. The van der Waals surface area contributed by atoms with Crippen LogP contribution in [0.5, 0.6) is 5.75 Å². The number of aromatic nitrogens is 1. The molecule has 118 valence electrons. The fourth-order valence-electron chi connectivity index (χ4n) is 2.33. The fraction of sp³-hybridized carbons (Fsp3) is 0.222. The van der Waals surface area contributed by atoms with Crippen LogP contribution in [0.3, 0.4) is 0 Å². The van der Waals surface area contributed by atoms with Gasteiger partial charge in [-0.1, -0.05) is 36.5 Å². The number of aryl methyl sites for hydroxylation is 1. The van der Waals surface area contributed by atoms with Crippen molar-refractivity contribution in [3.05, 3.63) is 53.6 Å². The Balaban J connectivity index is 1.69. The van der Waals surface area contributed by atoms with E-state index in [1.807, 2.05) is 30.3 Å². The van der Waals surface area contributed by atoms with Gasteiger partial charge in [0.15, 0.2) is 5.13 Å². The van der Waals surface area contributed by atoms with Crippen LogP contribution >= 0.6 is 11.3 Å². The zero-order valence-electron chi connectivity index (χ0n) is 13.1. The normalized spacial score (nSPS) is 10.7. The van der Waals surface area contributed by atoms with Crippen LogP contribution in [0.4, 0.5) is 5.13 Å². The average Bonchev–Trinajstić information content (AvgIpc) is 2.96. The minimum Gasteiger partial charge on any atom is -0.497 e. The van der Waals surface area contributed by atoms with Gasteiger partial charge in [-0.3, -0.25) is 4.79 Å². The van der Waals surface area contributed by atoms with Crippen LogP contribution in [0.1, 0.15) is 18.1 Å². The Morgan fingerprint density at radius 2 is 1.91 bits per heavy atom. The third-order valence-corrected chi connectivity index (χ3v) is 4.56. The summed E-state index contributed by atoms with van der Waals surface area (Å²) in [5.41, 5.74) is 3.14. The molecular formula is C18H18N2O2S. The van der Waals surface area contributed by atoms with Crippen molar-refractivity contribution in [3.8, 4) is 5.75 Å². The Labute approximate surface area is 139 Å². The first-order valence-electron chi connectivity index (χ1n) is 7.50. The maximum Gasteiger partial charge on any atom is 0.230 e. The minimum absolute atomic E-state index is 0.0649. The molecule has 0 aliphatic rings. The maximum atomic E-state index is 12.2. The van der Waals surface area contributed by atoms with Crippen molar-refractivity contribution in [1.82, 2.24) is 4.98 Å². The van der Waals surface area contributed by atoms with E-state index in [0.29, 0.717) is 11.6 Å². The summed E-state index contributed by atoms with van der Waals surface area (Å²) >= 11 is 1.51. The molecule has 5 heteroatoms. The summed E-state index contributed by atoms with van der Waals surface area (Å²) in [6.45, 7) is 2.12. The van der Waals surface area contributed by atoms with Crippen LogP contribution in [0.2, 0.25) is 0 Å². The van der Waals surface area contributed by atoms with Gasteiger partial charge in [0.2, 0.25) is 5.91 Å². The Bertz CT molecular complexity index is 825. The van der Waals surface area contributed by atoms with Gasteiger partial charge >= 0.3 is 0 Å². The van der Waals surface area contributed by atoms with Crippen LogP contribution in [0.15, 0.2) is 42.5 Å². The van der Waals surface area contributed by atoms with Gasteiger partial charge < -0.3 is 10.1 Å². The number of benzene rings is 2. The van der Waals surface area contributed by atoms with Gasteiger partial charge in [-0.15, -0.1) is 0 Å². The predicted octanol–water partition coefficient (Wildman–Crippen LogP) is 4.05. The van der Waals surface area contributed by atoms with E-state index < -0.39 is 0 Å². The van der Waals surface area contributed by atoms with Crippen molar-refractivity contribution in [2.75, 3.05) is 12.4 Å². The highest BCUT2D eigenvalue weighted by Crippen LogP contribution is 2.27. The molecule has 3 rings (SSSR count). The summed E-state index contributed by atoms with van der Waals surface area (Å²) in [7, 11) is 1.62. The second-order valence-corrected chi connectivity index (χ2v) is 6.28. The number of hydrogen-bond acceptors (Lipinski definition) is 4. The summed E-state index contributed by atoms with van der Waals surface area (Å²) in [6, 6.07) is 13.7. The number of hydrogen-bond donors (Lipinski definition) is 1. The molecule has 4 nitrogen and oxygen atoms in total. The number of rotatable bonds is 5. The number of thiazole rings is 1. The monoisotopic (exact) mass is 326 g/mol. The molecule has 0 saturated carbocycles. The molecule has 0 radical (unpaired) electrons. The summed E-state index contributed by atoms with van der Waals surface area (Å²) in [6.07, 6.45) is 1.31. The summed E-state index contributed by atoms with van der Waals surface area (Å²) in [5, 5.41) is 3.53. The third kappa shape index (κ3) is 3.68. The molecular weight excluding hydrogens is 308 g/mol. The van der Waals surface area contributed by atoms with Crippen molar-refractivity contribution in [2.45, 2.75) is 19.8 Å². The Kier molecular flexibility index (Phi) is 4.57. The molecule has 0 bridgehead atoms. The first-order chi connectivity index (χ1) is 11.2. The molecule has 0 fully saturated rings. The number of anilines is 1. The van der Waals surface area contributed by atoms with Crippen molar-refractivity contribution in [1.29, 1.82) is 0 Å².